The van der Waals surface area contributed by atoms with Crippen molar-refractivity contribution in [3.05, 3.63) is 0 Å². The SMILES string of the molecule is CC(C)(C)OC(=O)N1CCN(C(C)(C)C(C)(C)C)CC1. The molecule has 0 radical (unpaired) electrons. The van der Waals surface area contributed by atoms with Crippen LogP contribution in [0.5, 0.6) is 0 Å². The lowest BCUT2D eigenvalue weighted by Gasteiger charge is -2.50. The van der Waals surface area contributed by atoms with Crippen LogP contribution in [0.15, 0.2) is 0 Å². The summed E-state index contributed by atoms with van der Waals surface area (Å²) < 4.78 is 5.43. The van der Waals surface area contributed by atoms with E-state index in [1.54, 1.807) is 0 Å². The van der Waals surface area contributed by atoms with Crippen LogP contribution >= 0.6 is 0 Å². The Kier molecular flexibility index (Phi) is 4.79. The van der Waals surface area contributed by atoms with Gasteiger partial charge in [-0.25, -0.2) is 4.79 Å². The molecule has 0 unspecified atom stereocenters. The first kappa shape index (κ1) is 17.3. The fourth-order valence-corrected chi connectivity index (χ4v) is 2.25. The maximum absolute atomic E-state index is 12.1. The van der Waals surface area contributed by atoms with Gasteiger partial charge in [0.15, 0.2) is 0 Å². The Labute approximate surface area is 124 Å². The van der Waals surface area contributed by atoms with E-state index in [9.17, 15) is 4.79 Å². The van der Waals surface area contributed by atoms with Crippen molar-refractivity contribution in [3.63, 3.8) is 0 Å². The van der Waals surface area contributed by atoms with Crippen LogP contribution in [0.3, 0.4) is 0 Å². The van der Waals surface area contributed by atoms with Crippen molar-refractivity contribution < 1.29 is 9.53 Å². The van der Waals surface area contributed by atoms with Crippen LogP contribution in [-0.4, -0.2) is 53.2 Å². The Morgan fingerprint density at radius 3 is 1.65 bits per heavy atom. The lowest BCUT2D eigenvalue weighted by molar-refractivity contribution is -0.0250. The highest BCUT2D eigenvalue weighted by molar-refractivity contribution is 5.68. The molecular formula is C16H32N2O2. The zero-order chi connectivity index (χ0) is 15.8. The van der Waals surface area contributed by atoms with E-state index in [0.29, 0.717) is 0 Å². The molecular weight excluding hydrogens is 252 g/mol. The topological polar surface area (TPSA) is 32.8 Å². The lowest BCUT2D eigenvalue weighted by atomic mass is 9.75. The molecule has 20 heavy (non-hydrogen) atoms. The number of piperazine rings is 1. The minimum absolute atomic E-state index is 0.118. The molecule has 0 N–H and O–H groups in total. The van der Waals surface area contributed by atoms with Crippen LogP contribution < -0.4 is 0 Å². The third-order valence-corrected chi connectivity index (χ3v) is 4.56. The second-order valence-electron chi connectivity index (χ2n) is 8.26. The van der Waals surface area contributed by atoms with Gasteiger partial charge in [0.05, 0.1) is 0 Å². The average Bonchev–Trinajstić information content (AvgIpc) is 2.25. The highest BCUT2D eigenvalue weighted by Crippen LogP contribution is 2.35. The van der Waals surface area contributed by atoms with Gasteiger partial charge in [0.25, 0.3) is 0 Å². The fraction of sp³-hybridized carbons (Fsp3) is 0.938. The molecule has 1 fully saturated rings. The summed E-state index contributed by atoms with van der Waals surface area (Å²) in [5, 5.41) is 0. The monoisotopic (exact) mass is 284 g/mol. The summed E-state index contributed by atoms with van der Waals surface area (Å²) in [6.07, 6.45) is -0.189. The van der Waals surface area contributed by atoms with Gasteiger partial charge in [-0.15, -0.1) is 0 Å². The predicted molar refractivity (Wildman–Crippen MR) is 82.9 cm³/mol. The summed E-state index contributed by atoms with van der Waals surface area (Å²) in [7, 11) is 0. The molecule has 4 nitrogen and oxygen atoms in total. The highest BCUT2D eigenvalue weighted by atomic mass is 16.6. The molecule has 0 aromatic rings. The first-order chi connectivity index (χ1) is 8.84. The summed E-state index contributed by atoms with van der Waals surface area (Å²) in [5.41, 5.74) is -0.0903. The Morgan fingerprint density at radius 1 is 0.850 bits per heavy atom. The minimum Gasteiger partial charge on any atom is -0.444 e. The van der Waals surface area contributed by atoms with Crippen molar-refractivity contribution >= 4 is 6.09 Å². The van der Waals surface area contributed by atoms with Gasteiger partial charge < -0.3 is 9.64 Å². The van der Waals surface area contributed by atoms with Crippen LogP contribution in [-0.2, 0) is 4.74 Å². The van der Waals surface area contributed by atoms with Crippen molar-refractivity contribution in [2.75, 3.05) is 26.2 Å². The van der Waals surface area contributed by atoms with E-state index in [-0.39, 0.29) is 17.0 Å². The number of carbonyl (C=O) groups excluding carboxylic acids is 1. The van der Waals surface area contributed by atoms with Crippen molar-refractivity contribution in [3.8, 4) is 0 Å². The quantitative estimate of drug-likeness (QED) is 0.740. The molecule has 118 valence electrons. The molecule has 1 saturated heterocycles. The number of carbonyl (C=O) groups is 1. The molecule has 0 spiro atoms. The molecule has 0 atom stereocenters. The van der Waals surface area contributed by atoms with Gasteiger partial charge in [0.2, 0.25) is 0 Å². The number of amides is 1. The molecule has 1 amide bonds. The summed E-state index contributed by atoms with van der Waals surface area (Å²) in [5.74, 6) is 0. The normalized spacial score (nSPS) is 19.1. The Hall–Kier alpha value is -0.770. The smallest absolute Gasteiger partial charge is 0.410 e. The van der Waals surface area contributed by atoms with Gasteiger partial charge in [0, 0.05) is 31.7 Å². The van der Waals surface area contributed by atoms with Gasteiger partial charge in [-0.2, -0.15) is 0 Å². The van der Waals surface area contributed by atoms with E-state index >= 15 is 0 Å². The Balaban J connectivity index is 2.58. The second kappa shape index (κ2) is 5.55. The summed E-state index contributed by atoms with van der Waals surface area (Å²) in [6, 6.07) is 0. The van der Waals surface area contributed by atoms with Crippen LogP contribution in [0.1, 0.15) is 55.4 Å². The number of ether oxygens (including phenoxy) is 1. The number of rotatable bonds is 1. The van der Waals surface area contributed by atoms with Crippen LogP contribution in [0.25, 0.3) is 0 Å². The fourth-order valence-electron chi connectivity index (χ4n) is 2.25. The zero-order valence-electron chi connectivity index (χ0n) is 14.5. The lowest BCUT2D eigenvalue weighted by Crippen LogP contribution is -2.60. The van der Waals surface area contributed by atoms with Gasteiger partial charge in [-0.1, -0.05) is 20.8 Å². The first-order valence-corrected chi connectivity index (χ1v) is 7.57. The van der Waals surface area contributed by atoms with Crippen LogP contribution in [0.4, 0.5) is 4.79 Å². The number of nitrogens with zero attached hydrogens (tertiary/aromatic N) is 2. The van der Waals surface area contributed by atoms with Crippen molar-refractivity contribution in [2.45, 2.75) is 66.5 Å². The molecule has 0 aliphatic carbocycles. The highest BCUT2D eigenvalue weighted by Gasteiger charge is 2.40. The molecule has 1 heterocycles. The van der Waals surface area contributed by atoms with Gasteiger partial charge in [-0.3, -0.25) is 4.90 Å². The Bertz CT molecular complexity index is 342. The summed E-state index contributed by atoms with van der Waals surface area (Å²) >= 11 is 0. The number of hydrogen-bond acceptors (Lipinski definition) is 3. The van der Waals surface area contributed by atoms with Crippen LogP contribution in [0, 0.1) is 5.41 Å². The third-order valence-electron chi connectivity index (χ3n) is 4.56. The maximum Gasteiger partial charge on any atom is 0.410 e. The Morgan fingerprint density at radius 2 is 1.30 bits per heavy atom. The maximum atomic E-state index is 12.1. The van der Waals surface area contributed by atoms with Crippen molar-refractivity contribution in [2.24, 2.45) is 5.41 Å². The van der Waals surface area contributed by atoms with Gasteiger partial charge >= 0.3 is 6.09 Å². The van der Waals surface area contributed by atoms with Gasteiger partial charge in [0.1, 0.15) is 5.60 Å². The molecule has 1 rings (SSSR count). The third kappa shape index (κ3) is 4.11. The van der Waals surface area contributed by atoms with E-state index < -0.39 is 5.60 Å². The average molecular weight is 284 g/mol. The van der Waals surface area contributed by atoms with Gasteiger partial charge in [-0.05, 0) is 40.0 Å². The number of hydrogen-bond donors (Lipinski definition) is 0. The molecule has 0 saturated carbocycles. The van der Waals surface area contributed by atoms with E-state index in [0.717, 1.165) is 26.2 Å². The largest absolute Gasteiger partial charge is 0.444 e. The van der Waals surface area contributed by atoms with E-state index in [1.165, 1.54) is 0 Å². The van der Waals surface area contributed by atoms with Crippen molar-refractivity contribution in [1.82, 2.24) is 9.80 Å². The first-order valence-electron chi connectivity index (χ1n) is 7.57. The summed E-state index contributed by atoms with van der Waals surface area (Å²) in [6.45, 7) is 20.4. The summed E-state index contributed by atoms with van der Waals surface area (Å²) in [4.78, 5) is 16.4. The van der Waals surface area contributed by atoms with E-state index in [1.807, 2.05) is 25.7 Å². The molecule has 1 aliphatic rings. The second-order valence-corrected chi connectivity index (χ2v) is 8.26. The standard InChI is InChI=1S/C16H32N2O2/c1-14(2,3)16(7,8)18-11-9-17(10-12-18)13(19)20-15(4,5)6/h9-12H2,1-8H3. The molecule has 0 bridgehead atoms. The zero-order valence-corrected chi connectivity index (χ0v) is 14.5. The molecule has 4 heteroatoms. The molecule has 0 aromatic carbocycles. The van der Waals surface area contributed by atoms with E-state index in [2.05, 4.69) is 39.5 Å². The van der Waals surface area contributed by atoms with E-state index in [4.69, 9.17) is 4.74 Å². The molecule has 1 aliphatic heterocycles. The van der Waals surface area contributed by atoms with Crippen molar-refractivity contribution in [1.29, 1.82) is 0 Å². The predicted octanol–water partition coefficient (Wildman–Crippen LogP) is 3.36. The minimum atomic E-state index is -0.418. The molecule has 0 aromatic heterocycles. The van der Waals surface area contributed by atoms with Crippen LogP contribution in [0.2, 0.25) is 0 Å².